The number of hydrogen-bond donors (Lipinski definition) is 0. The van der Waals surface area contributed by atoms with Gasteiger partial charge >= 0.3 is 5.97 Å². The molecule has 3 aliphatic rings. The maximum atomic E-state index is 12.4. The second kappa shape index (κ2) is 3.35. The smallest absolute Gasteiger partial charge is 0.346 e. The average molecular weight is 244 g/mol. The number of ether oxygens (including phenoxy) is 2. The topological polar surface area (TPSA) is 38.8 Å². The van der Waals surface area contributed by atoms with E-state index in [2.05, 4.69) is 0 Å². The van der Waals surface area contributed by atoms with Gasteiger partial charge in [-0.2, -0.15) is 0 Å². The molecule has 0 aromatic heterocycles. The lowest BCUT2D eigenvalue weighted by atomic mass is 9.73. The Morgan fingerprint density at radius 3 is 2.44 bits per heavy atom. The second-order valence-corrected chi connectivity index (χ2v) is 5.60. The minimum atomic E-state index is -0.797. The van der Waals surface area contributed by atoms with E-state index in [9.17, 15) is 4.79 Å². The van der Waals surface area contributed by atoms with Crippen LogP contribution in [0, 0.1) is 0 Å². The fourth-order valence-electron chi connectivity index (χ4n) is 2.98. The summed E-state index contributed by atoms with van der Waals surface area (Å²) in [6, 6.07) is 9.81. The molecule has 1 aromatic carbocycles. The lowest BCUT2D eigenvalue weighted by Gasteiger charge is -2.26. The van der Waals surface area contributed by atoms with Crippen LogP contribution in [0.15, 0.2) is 30.3 Å². The van der Waals surface area contributed by atoms with Gasteiger partial charge in [-0.15, -0.1) is 0 Å². The van der Waals surface area contributed by atoms with E-state index in [1.165, 1.54) is 0 Å². The molecule has 18 heavy (non-hydrogen) atoms. The van der Waals surface area contributed by atoms with E-state index in [4.69, 9.17) is 9.47 Å². The van der Waals surface area contributed by atoms with Crippen molar-refractivity contribution in [2.45, 2.75) is 49.4 Å². The van der Waals surface area contributed by atoms with Gasteiger partial charge < -0.3 is 9.47 Å². The first kappa shape index (κ1) is 10.6. The third-order valence-electron chi connectivity index (χ3n) is 4.38. The first-order valence-corrected chi connectivity index (χ1v) is 6.74. The van der Waals surface area contributed by atoms with Crippen LogP contribution in [-0.4, -0.2) is 17.7 Å². The number of hydrogen-bond acceptors (Lipinski definition) is 3. The van der Waals surface area contributed by atoms with Crippen molar-refractivity contribution >= 4 is 5.97 Å². The SMILES string of the molecule is O=C(OC1CC1)C1(c2ccccc2)OC12CCC2. The van der Waals surface area contributed by atoms with E-state index < -0.39 is 5.60 Å². The highest BCUT2D eigenvalue weighted by molar-refractivity contribution is 5.87. The molecule has 1 atom stereocenters. The third-order valence-corrected chi connectivity index (χ3v) is 4.38. The molecule has 1 unspecified atom stereocenters. The molecular formula is C15H16O3. The Morgan fingerprint density at radius 2 is 1.94 bits per heavy atom. The number of carbonyl (C=O) groups excluding carboxylic acids is 1. The zero-order chi connectivity index (χ0) is 12.2. The summed E-state index contributed by atoms with van der Waals surface area (Å²) in [5.41, 5.74) is -0.0922. The summed E-state index contributed by atoms with van der Waals surface area (Å²) < 4.78 is 11.4. The van der Waals surface area contributed by atoms with Crippen molar-refractivity contribution in [3.8, 4) is 0 Å². The standard InChI is InChI=1S/C15H16O3/c16-13(17-12-7-8-12)15(11-5-2-1-3-6-11)14(18-15)9-4-10-14/h1-3,5-6,12H,4,7-10H2. The lowest BCUT2D eigenvalue weighted by molar-refractivity contribution is -0.152. The van der Waals surface area contributed by atoms with Crippen molar-refractivity contribution in [1.82, 2.24) is 0 Å². The quantitative estimate of drug-likeness (QED) is 0.606. The lowest BCUT2D eigenvalue weighted by Crippen LogP contribution is -2.38. The molecule has 0 radical (unpaired) electrons. The van der Waals surface area contributed by atoms with E-state index in [1.54, 1.807) is 0 Å². The molecular weight excluding hydrogens is 228 g/mol. The van der Waals surface area contributed by atoms with Crippen LogP contribution in [0.25, 0.3) is 0 Å². The first-order chi connectivity index (χ1) is 8.77. The average Bonchev–Trinajstić information content (AvgIpc) is 3.22. The van der Waals surface area contributed by atoms with E-state index >= 15 is 0 Å². The molecule has 2 aliphatic carbocycles. The van der Waals surface area contributed by atoms with Crippen LogP contribution in [0.3, 0.4) is 0 Å². The molecule has 1 spiro atoms. The molecule has 2 saturated carbocycles. The van der Waals surface area contributed by atoms with Gasteiger partial charge in [0.1, 0.15) is 11.7 Å². The first-order valence-electron chi connectivity index (χ1n) is 6.74. The van der Waals surface area contributed by atoms with E-state index in [0.29, 0.717) is 0 Å². The molecule has 3 nitrogen and oxygen atoms in total. The highest BCUT2D eigenvalue weighted by atomic mass is 16.7. The van der Waals surface area contributed by atoms with Gasteiger partial charge in [-0.1, -0.05) is 30.3 Å². The third kappa shape index (κ3) is 1.25. The van der Waals surface area contributed by atoms with Crippen LogP contribution >= 0.6 is 0 Å². The summed E-state index contributed by atoms with van der Waals surface area (Å²) in [6.07, 6.45) is 5.24. The van der Waals surface area contributed by atoms with Crippen molar-refractivity contribution in [1.29, 1.82) is 0 Å². The largest absolute Gasteiger partial charge is 0.460 e. The molecule has 94 valence electrons. The van der Waals surface area contributed by atoms with Gasteiger partial charge in [0.05, 0.1) is 0 Å². The summed E-state index contributed by atoms with van der Waals surface area (Å²) in [5, 5.41) is 0. The Bertz CT molecular complexity index is 488. The maximum absolute atomic E-state index is 12.4. The van der Waals surface area contributed by atoms with Gasteiger partial charge in [-0.25, -0.2) is 4.79 Å². The van der Waals surface area contributed by atoms with Crippen LogP contribution in [0.5, 0.6) is 0 Å². The van der Waals surface area contributed by atoms with Gasteiger partial charge in [-0.05, 0) is 37.7 Å². The minimum absolute atomic E-state index is 0.138. The van der Waals surface area contributed by atoms with Gasteiger partial charge in [0.15, 0.2) is 0 Å². The summed E-state index contributed by atoms with van der Waals surface area (Å²) in [5.74, 6) is -0.170. The molecule has 1 aliphatic heterocycles. The molecule has 4 rings (SSSR count). The van der Waals surface area contributed by atoms with Gasteiger partial charge in [0.2, 0.25) is 5.60 Å². The number of benzene rings is 1. The normalized spacial score (nSPS) is 31.8. The molecule has 3 heteroatoms. The predicted octanol–water partition coefficient (Wildman–Crippen LogP) is 2.54. The zero-order valence-electron chi connectivity index (χ0n) is 10.2. The monoisotopic (exact) mass is 244 g/mol. The highest BCUT2D eigenvalue weighted by Crippen LogP contribution is 2.66. The molecule has 1 aromatic rings. The number of esters is 1. The molecule has 1 heterocycles. The van der Waals surface area contributed by atoms with Crippen molar-refractivity contribution in [2.24, 2.45) is 0 Å². The Kier molecular flexibility index (Phi) is 1.97. The van der Waals surface area contributed by atoms with Crippen LogP contribution in [0.4, 0.5) is 0 Å². The van der Waals surface area contributed by atoms with Gasteiger partial charge in [0.25, 0.3) is 0 Å². The van der Waals surface area contributed by atoms with Crippen molar-refractivity contribution in [3.63, 3.8) is 0 Å². The second-order valence-electron chi connectivity index (χ2n) is 5.60. The van der Waals surface area contributed by atoms with Gasteiger partial charge in [0, 0.05) is 0 Å². The molecule has 0 bridgehead atoms. The van der Waals surface area contributed by atoms with E-state index in [0.717, 1.165) is 37.7 Å². The highest BCUT2D eigenvalue weighted by Gasteiger charge is 2.78. The minimum Gasteiger partial charge on any atom is -0.460 e. The van der Waals surface area contributed by atoms with Crippen molar-refractivity contribution in [3.05, 3.63) is 35.9 Å². The van der Waals surface area contributed by atoms with Crippen molar-refractivity contribution < 1.29 is 14.3 Å². The van der Waals surface area contributed by atoms with Gasteiger partial charge in [-0.3, -0.25) is 0 Å². The van der Waals surface area contributed by atoms with Crippen LogP contribution in [0.1, 0.15) is 37.7 Å². The molecule has 1 saturated heterocycles. The van der Waals surface area contributed by atoms with Crippen molar-refractivity contribution in [2.75, 3.05) is 0 Å². The molecule has 3 fully saturated rings. The zero-order valence-corrected chi connectivity index (χ0v) is 10.2. The number of rotatable bonds is 3. The summed E-state index contributed by atoms with van der Waals surface area (Å²) in [6.45, 7) is 0. The maximum Gasteiger partial charge on any atom is 0.346 e. The Hall–Kier alpha value is -1.35. The summed E-state index contributed by atoms with van der Waals surface area (Å²) in [7, 11) is 0. The molecule has 0 amide bonds. The van der Waals surface area contributed by atoms with Crippen LogP contribution in [-0.2, 0) is 19.9 Å². The number of carbonyl (C=O) groups is 1. The van der Waals surface area contributed by atoms with E-state index in [1.807, 2.05) is 30.3 Å². The Labute approximate surface area is 106 Å². The summed E-state index contributed by atoms with van der Waals surface area (Å²) in [4.78, 5) is 12.4. The Morgan fingerprint density at radius 1 is 1.22 bits per heavy atom. The molecule has 0 N–H and O–H groups in total. The van der Waals surface area contributed by atoms with E-state index in [-0.39, 0.29) is 17.7 Å². The van der Waals surface area contributed by atoms with Crippen LogP contribution in [0.2, 0.25) is 0 Å². The predicted molar refractivity (Wildman–Crippen MR) is 64.9 cm³/mol. The number of epoxide rings is 1. The fourth-order valence-corrected chi connectivity index (χ4v) is 2.98. The summed E-state index contributed by atoms with van der Waals surface area (Å²) >= 11 is 0. The fraction of sp³-hybridized carbons (Fsp3) is 0.533. The Balaban J connectivity index is 1.69. The van der Waals surface area contributed by atoms with Crippen LogP contribution < -0.4 is 0 Å².